The van der Waals surface area contributed by atoms with Crippen molar-refractivity contribution in [1.29, 1.82) is 0 Å². The summed E-state index contributed by atoms with van der Waals surface area (Å²) in [4.78, 5) is 29.4. The molecule has 1 aromatic rings. The minimum Gasteiger partial charge on any atom is -0.364 e. The molecule has 1 aliphatic heterocycles. The zero-order valence-corrected chi connectivity index (χ0v) is 13.2. The second-order valence-corrected chi connectivity index (χ2v) is 7.19. The number of nitrogens with zero attached hydrogens (tertiary/aromatic N) is 1. The Morgan fingerprint density at radius 2 is 1.87 bits per heavy atom. The number of nitrogens with one attached hydrogen (secondary N) is 1. The summed E-state index contributed by atoms with van der Waals surface area (Å²) < 4.78 is 0. The van der Waals surface area contributed by atoms with Crippen molar-refractivity contribution in [3.8, 4) is 0 Å². The van der Waals surface area contributed by atoms with E-state index in [0.29, 0.717) is 11.0 Å². The average molecular weight is 314 g/mol. The molecular weight excluding hydrogens is 292 g/mol. The van der Waals surface area contributed by atoms with Crippen LogP contribution in [0, 0.1) is 11.3 Å². The summed E-state index contributed by atoms with van der Waals surface area (Å²) in [6, 6.07) is 6.93. The molecule has 1 saturated heterocycles. The molecule has 23 heavy (non-hydrogen) atoms. The molecule has 1 amide bonds. The van der Waals surface area contributed by atoms with E-state index in [2.05, 4.69) is 5.32 Å². The molecule has 0 atom stereocenters. The molecule has 0 aromatic heterocycles. The molecule has 5 nitrogen and oxygen atoms in total. The number of hydrogen-bond acceptors (Lipinski definition) is 4. The lowest BCUT2D eigenvalue weighted by atomic mass is 9.68. The second kappa shape index (κ2) is 5.64. The summed E-state index contributed by atoms with van der Waals surface area (Å²) in [6.07, 6.45) is 6.91. The van der Waals surface area contributed by atoms with Gasteiger partial charge in [0.15, 0.2) is 0 Å². The van der Waals surface area contributed by atoms with Gasteiger partial charge in [0.25, 0.3) is 0 Å². The van der Waals surface area contributed by atoms with E-state index in [1.165, 1.54) is 19.3 Å². The summed E-state index contributed by atoms with van der Waals surface area (Å²) in [7, 11) is 0. The fourth-order valence-corrected chi connectivity index (χ4v) is 3.51. The molecule has 122 valence electrons. The van der Waals surface area contributed by atoms with Crippen LogP contribution in [0.2, 0.25) is 0 Å². The van der Waals surface area contributed by atoms with Crippen molar-refractivity contribution in [1.82, 2.24) is 5.06 Å². The van der Waals surface area contributed by atoms with Crippen molar-refractivity contribution >= 4 is 17.6 Å². The first kappa shape index (κ1) is 14.7. The maximum atomic E-state index is 12.2. The maximum absolute atomic E-state index is 12.2. The molecule has 0 radical (unpaired) electrons. The minimum absolute atomic E-state index is 0.0724. The molecule has 0 unspecified atom stereocenters. The Labute approximate surface area is 135 Å². The van der Waals surface area contributed by atoms with E-state index in [9.17, 15) is 9.59 Å². The highest BCUT2D eigenvalue weighted by molar-refractivity contribution is 5.95. The van der Waals surface area contributed by atoms with Gasteiger partial charge < -0.3 is 10.2 Å². The smallest absolute Gasteiger partial charge is 0.357 e. The highest BCUT2D eigenvalue weighted by Gasteiger charge is 2.44. The van der Waals surface area contributed by atoms with Crippen molar-refractivity contribution in [2.75, 3.05) is 18.4 Å². The van der Waals surface area contributed by atoms with Crippen LogP contribution in [0.4, 0.5) is 5.69 Å². The minimum atomic E-state index is -0.318. The third kappa shape index (κ3) is 3.11. The first-order valence-corrected chi connectivity index (χ1v) is 8.52. The predicted molar refractivity (Wildman–Crippen MR) is 85.7 cm³/mol. The SMILES string of the molecule is O=C(ON1CCC2(CCC2)C1)c1ccc(NC(=O)C2CC2)cc1. The van der Waals surface area contributed by atoms with Crippen LogP contribution in [0.5, 0.6) is 0 Å². The highest BCUT2D eigenvalue weighted by Crippen LogP contribution is 2.48. The molecule has 5 heteroatoms. The van der Waals surface area contributed by atoms with Gasteiger partial charge >= 0.3 is 5.97 Å². The van der Waals surface area contributed by atoms with Gasteiger partial charge in [-0.15, -0.1) is 5.06 Å². The quantitative estimate of drug-likeness (QED) is 0.928. The van der Waals surface area contributed by atoms with Gasteiger partial charge in [0, 0.05) is 24.7 Å². The van der Waals surface area contributed by atoms with E-state index in [1.54, 1.807) is 24.3 Å². The van der Waals surface area contributed by atoms with Crippen molar-refractivity contribution in [2.45, 2.75) is 38.5 Å². The monoisotopic (exact) mass is 314 g/mol. The molecule has 1 heterocycles. The normalized spacial score (nSPS) is 22.6. The second-order valence-electron chi connectivity index (χ2n) is 7.19. The number of amides is 1. The largest absolute Gasteiger partial charge is 0.364 e. The molecular formula is C18H22N2O3. The lowest BCUT2D eigenvalue weighted by molar-refractivity contribution is -0.117. The number of hydrogen-bond donors (Lipinski definition) is 1. The van der Waals surface area contributed by atoms with Gasteiger partial charge in [-0.2, -0.15) is 0 Å². The molecule has 3 aliphatic rings. The van der Waals surface area contributed by atoms with Gasteiger partial charge in [-0.05, 0) is 61.8 Å². The summed E-state index contributed by atoms with van der Waals surface area (Å²) in [6.45, 7) is 1.70. The van der Waals surface area contributed by atoms with E-state index in [4.69, 9.17) is 4.84 Å². The molecule has 2 aliphatic carbocycles. The standard InChI is InChI=1S/C18H22N2O3/c21-16(13-2-3-13)19-15-6-4-14(5-7-15)17(22)23-20-11-10-18(12-20)8-1-9-18/h4-7,13H,1-3,8-12H2,(H,19,21). The molecule has 1 N–H and O–H groups in total. The van der Waals surface area contributed by atoms with E-state index in [0.717, 1.165) is 38.0 Å². The van der Waals surface area contributed by atoms with Gasteiger partial charge in [-0.25, -0.2) is 4.79 Å². The number of rotatable bonds is 4. The zero-order chi connectivity index (χ0) is 15.9. The van der Waals surface area contributed by atoms with Crippen LogP contribution in [-0.4, -0.2) is 30.0 Å². The van der Waals surface area contributed by atoms with Gasteiger partial charge in [0.1, 0.15) is 0 Å². The third-order valence-corrected chi connectivity index (χ3v) is 5.37. The lowest BCUT2D eigenvalue weighted by Crippen LogP contribution is -2.34. The van der Waals surface area contributed by atoms with Crippen LogP contribution in [0.25, 0.3) is 0 Å². The predicted octanol–water partition coefficient (Wildman–Crippen LogP) is 2.98. The Morgan fingerprint density at radius 1 is 1.13 bits per heavy atom. The number of carbonyl (C=O) groups is 2. The lowest BCUT2D eigenvalue weighted by Gasteiger charge is -2.37. The van der Waals surface area contributed by atoms with Crippen LogP contribution in [-0.2, 0) is 9.63 Å². The van der Waals surface area contributed by atoms with Crippen molar-refractivity contribution in [3.05, 3.63) is 29.8 Å². The van der Waals surface area contributed by atoms with E-state index < -0.39 is 0 Å². The highest BCUT2D eigenvalue weighted by atomic mass is 16.7. The van der Waals surface area contributed by atoms with Crippen molar-refractivity contribution in [3.63, 3.8) is 0 Å². The fraction of sp³-hybridized carbons (Fsp3) is 0.556. The van der Waals surface area contributed by atoms with Crippen LogP contribution in [0.1, 0.15) is 48.9 Å². The van der Waals surface area contributed by atoms with Crippen LogP contribution < -0.4 is 5.32 Å². The Kier molecular flexibility index (Phi) is 3.60. The summed E-state index contributed by atoms with van der Waals surface area (Å²) >= 11 is 0. The van der Waals surface area contributed by atoms with E-state index >= 15 is 0 Å². The molecule has 0 bridgehead atoms. The molecule has 4 rings (SSSR count). The Morgan fingerprint density at radius 3 is 2.43 bits per heavy atom. The van der Waals surface area contributed by atoms with E-state index in [-0.39, 0.29) is 17.8 Å². The molecule has 1 spiro atoms. The summed E-state index contributed by atoms with van der Waals surface area (Å²) in [5, 5.41) is 4.68. The van der Waals surface area contributed by atoms with E-state index in [1.807, 2.05) is 5.06 Å². The van der Waals surface area contributed by atoms with Gasteiger partial charge in [0.05, 0.1) is 5.56 Å². The van der Waals surface area contributed by atoms with Gasteiger partial charge in [-0.1, -0.05) is 6.42 Å². The van der Waals surface area contributed by atoms with Crippen LogP contribution in [0.15, 0.2) is 24.3 Å². The fourth-order valence-electron chi connectivity index (χ4n) is 3.51. The zero-order valence-electron chi connectivity index (χ0n) is 13.2. The number of benzene rings is 1. The Hall–Kier alpha value is -1.88. The molecule has 3 fully saturated rings. The first-order chi connectivity index (χ1) is 11.1. The van der Waals surface area contributed by atoms with Crippen LogP contribution in [0.3, 0.4) is 0 Å². The summed E-state index contributed by atoms with van der Waals surface area (Å²) in [5.41, 5.74) is 1.66. The number of carbonyl (C=O) groups excluding carboxylic acids is 2. The third-order valence-electron chi connectivity index (χ3n) is 5.37. The average Bonchev–Trinajstić information content (AvgIpc) is 3.28. The first-order valence-electron chi connectivity index (χ1n) is 8.52. The van der Waals surface area contributed by atoms with Crippen molar-refractivity contribution in [2.24, 2.45) is 11.3 Å². The van der Waals surface area contributed by atoms with Gasteiger partial charge in [-0.3, -0.25) is 4.79 Å². The van der Waals surface area contributed by atoms with Crippen molar-refractivity contribution < 1.29 is 14.4 Å². The maximum Gasteiger partial charge on any atom is 0.357 e. The summed E-state index contributed by atoms with van der Waals surface area (Å²) in [5.74, 6) is -0.0710. The van der Waals surface area contributed by atoms with Gasteiger partial charge in [0.2, 0.25) is 5.91 Å². The van der Waals surface area contributed by atoms with Crippen LogP contribution >= 0.6 is 0 Å². The Balaban J connectivity index is 1.32. The number of anilines is 1. The molecule has 2 saturated carbocycles. The number of hydroxylamine groups is 2. The molecule has 1 aromatic carbocycles. The topological polar surface area (TPSA) is 58.6 Å². The Bertz CT molecular complexity index is 618.